The molecule has 0 aromatic heterocycles. The number of allylic oxidation sites excluding steroid dienone is 4. The largest absolute Gasteiger partial charge is 0.0765 e. The Labute approximate surface area is 153 Å². The molecule has 0 fully saturated rings. The standard InChI is InChI=1S/C24H28Si/c1-24(2,3)21-13-14-22(25(4)5)23(21)19-12-8-11-18-17-10-7-6-9-16(17)15-20(18)19/h6-13,25H,14-15H2,1-5H3. The topological polar surface area (TPSA) is 0 Å². The number of hydrogen-bond donors (Lipinski definition) is 0. The number of fused-ring (bicyclic) bond motifs is 3. The lowest BCUT2D eigenvalue weighted by Gasteiger charge is -2.26. The first-order valence-electron chi connectivity index (χ1n) is 9.52. The van der Waals surface area contributed by atoms with E-state index in [1.807, 2.05) is 0 Å². The van der Waals surface area contributed by atoms with Gasteiger partial charge in [-0.05, 0) is 57.2 Å². The van der Waals surface area contributed by atoms with Crippen LogP contribution in [0, 0.1) is 5.41 Å². The van der Waals surface area contributed by atoms with Gasteiger partial charge in [0.2, 0.25) is 0 Å². The van der Waals surface area contributed by atoms with Crippen LogP contribution in [0.5, 0.6) is 0 Å². The summed E-state index contributed by atoms with van der Waals surface area (Å²) >= 11 is 0. The molecule has 0 radical (unpaired) electrons. The highest BCUT2D eigenvalue weighted by Crippen LogP contribution is 2.48. The molecule has 128 valence electrons. The highest BCUT2D eigenvalue weighted by Gasteiger charge is 2.31. The fraction of sp³-hybridized carbons (Fsp3) is 0.333. The third kappa shape index (κ3) is 2.66. The van der Waals surface area contributed by atoms with Gasteiger partial charge >= 0.3 is 0 Å². The van der Waals surface area contributed by atoms with Crippen molar-refractivity contribution < 1.29 is 0 Å². The molecule has 0 unspecified atom stereocenters. The van der Waals surface area contributed by atoms with Gasteiger partial charge in [0.15, 0.2) is 0 Å². The minimum atomic E-state index is -0.836. The molecule has 4 rings (SSSR count). The monoisotopic (exact) mass is 344 g/mol. The van der Waals surface area contributed by atoms with Gasteiger partial charge in [-0.1, -0.05) is 87.6 Å². The highest BCUT2D eigenvalue weighted by atomic mass is 28.3. The summed E-state index contributed by atoms with van der Waals surface area (Å²) in [4.78, 5) is 0. The van der Waals surface area contributed by atoms with E-state index in [4.69, 9.17) is 0 Å². The Hall–Kier alpha value is -1.86. The van der Waals surface area contributed by atoms with Crippen LogP contribution in [0.4, 0.5) is 0 Å². The molecule has 0 spiro atoms. The van der Waals surface area contributed by atoms with Gasteiger partial charge < -0.3 is 0 Å². The zero-order valence-corrected chi connectivity index (χ0v) is 17.3. The Morgan fingerprint density at radius 3 is 2.24 bits per heavy atom. The normalized spacial score (nSPS) is 16.3. The summed E-state index contributed by atoms with van der Waals surface area (Å²) in [5, 5.41) is 1.74. The molecule has 0 atom stereocenters. The molecular formula is C24H28Si. The van der Waals surface area contributed by atoms with Crippen LogP contribution in [0.15, 0.2) is 59.3 Å². The van der Waals surface area contributed by atoms with Crippen LogP contribution in [0.3, 0.4) is 0 Å². The third-order valence-electron chi connectivity index (χ3n) is 5.74. The van der Waals surface area contributed by atoms with Crippen LogP contribution in [-0.2, 0) is 6.42 Å². The molecule has 2 aliphatic carbocycles. The molecule has 2 aliphatic rings. The van der Waals surface area contributed by atoms with Gasteiger partial charge in [-0.15, -0.1) is 0 Å². The number of hydrogen-bond acceptors (Lipinski definition) is 0. The summed E-state index contributed by atoms with van der Waals surface area (Å²) in [6, 6.07) is 15.9. The lowest BCUT2D eigenvalue weighted by Crippen LogP contribution is -2.13. The fourth-order valence-electron chi connectivity index (χ4n) is 4.50. The zero-order chi connectivity index (χ0) is 17.8. The van der Waals surface area contributed by atoms with E-state index >= 15 is 0 Å². The second-order valence-electron chi connectivity index (χ2n) is 8.79. The minimum absolute atomic E-state index is 0.203. The maximum absolute atomic E-state index is 2.51. The fourth-order valence-corrected chi connectivity index (χ4v) is 5.98. The van der Waals surface area contributed by atoms with Crippen LogP contribution < -0.4 is 0 Å². The van der Waals surface area contributed by atoms with E-state index in [2.05, 4.69) is 82.4 Å². The molecule has 2 aromatic carbocycles. The molecule has 0 saturated heterocycles. The average molecular weight is 345 g/mol. The highest BCUT2D eigenvalue weighted by molar-refractivity contribution is 6.65. The lowest BCUT2D eigenvalue weighted by molar-refractivity contribution is 0.521. The maximum atomic E-state index is 2.51. The number of benzene rings is 2. The van der Waals surface area contributed by atoms with E-state index in [-0.39, 0.29) is 5.41 Å². The Morgan fingerprint density at radius 1 is 0.840 bits per heavy atom. The summed E-state index contributed by atoms with van der Waals surface area (Å²) < 4.78 is 0. The van der Waals surface area contributed by atoms with Gasteiger partial charge in [-0.3, -0.25) is 0 Å². The molecular weight excluding hydrogens is 316 g/mol. The molecule has 25 heavy (non-hydrogen) atoms. The minimum Gasteiger partial charge on any atom is -0.0765 e. The Kier molecular flexibility index (Phi) is 3.88. The van der Waals surface area contributed by atoms with Crippen LogP contribution >= 0.6 is 0 Å². The first-order chi connectivity index (χ1) is 11.9. The average Bonchev–Trinajstić information content (AvgIpc) is 3.16. The van der Waals surface area contributed by atoms with Crippen molar-refractivity contribution in [1.82, 2.24) is 0 Å². The summed E-state index contributed by atoms with van der Waals surface area (Å²) in [6.45, 7) is 12.0. The molecule has 0 saturated carbocycles. The van der Waals surface area contributed by atoms with E-state index in [1.165, 1.54) is 28.7 Å². The van der Waals surface area contributed by atoms with E-state index < -0.39 is 8.80 Å². The van der Waals surface area contributed by atoms with Crippen molar-refractivity contribution in [2.24, 2.45) is 5.41 Å². The molecule has 0 heterocycles. The first kappa shape index (κ1) is 16.6. The smallest absolute Gasteiger partial charge is 0.0608 e. The molecule has 0 N–H and O–H groups in total. The summed E-state index contributed by atoms with van der Waals surface area (Å²) in [5.41, 5.74) is 10.8. The lowest BCUT2D eigenvalue weighted by atomic mass is 9.80. The second-order valence-corrected chi connectivity index (χ2v) is 11.8. The van der Waals surface area contributed by atoms with Crippen LogP contribution in [-0.4, -0.2) is 8.80 Å². The SMILES string of the molecule is C[SiH](C)C1=C(c2cccc3c2Cc2ccccc2-3)C(C(C)(C)C)=CC1. The van der Waals surface area contributed by atoms with Crippen molar-refractivity contribution in [2.45, 2.75) is 46.7 Å². The predicted molar refractivity (Wildman–Crippen MR) is 113 cm³/mol. The Morgan fingerprint density at radius 2 is 1.52 bits per heavy atom. The quantitative estimate of drug-likeness (QED) is 0.471. The maximum Gasteiger partial charge on any atom is 0.0608 e. The van der Waals surface area contributed by atoms with Crippen LogP contribution in [0.2, 0.25) is 13.1 Å². The van der Waals surface area contributed by atoms with Gasteiger partial charge in [-0.2, -0.15) is 0 Å². The van der Waals surface area contributed by atoms with E-state index in [1.54, 1.807) is 21.9 Å². The van der Waals surface area contributed by atoms with E-state index in [0.717, 1.165) is 6.42 Å². The number of rotatable bonds is 2. The van der Waals surface area contributed by atoms with Crippen LogP contribution in [0.25, 0.3) is 16.7 Å². The molecule has 0 amide bonds. The Balaban J connectivity index is 1.93. The van der Waals surface area contributed by atoms with Crippen molar-refractivity contribution in [2.75, 3.05) is 0 Å². The molecule has 0 aliphatic heterocycles. The first-order valence-corrected chi connectivity index (χ1v) is 12.4. The zero-order valence-electron chi connectivity index (χ0n) is 16.1. The van der Waals surface area contributed by atoms with Crippen molar-refractivity contribution >= 4 is 14.4 Å². The van der Waals surface area contributed by atoms with E-state index in [0.29, 0.717) is 0 Å². The van der Waals surface area contributed by atoms with Crippen molar-refractivity contribution in [3.63, 3.8) is 0 Å². The Bertz CT molecular complexity index is 904. The molecule has 0 nitrogen and oxygen atoms in total. The molecule has 0 bridgehead atoms. The summed E-state index contributed by atoms with van der Waals surface area (Å²) in [5.74, 6) is 0. The van der Waals surface area contributed by atoms with Crippen molar-refractivity contribution in [3.05, 3.63) is 76.0 Å². The second kappa shape index (κ2) is 5.84. The third-order valence-corrected chi connectivity index (χ3v) is 7.66. The van der Waals surface area contributed by atoms with Gasteiger partial charge in [0.05, 0.1) is 8.80 Å². The van der Waals surface area contributed by atoms with Crippen LogP contribution in [0.1, 0.15) is 43.9 Å². The van der Waals surface area contributed by atoms with Gasteiger partial charge in [0.25, 0.3) is 0 Å². The molecule has 1 heteroatoms. The van der Waals surface area contributed by atoms with Gasteiger partial charge in [0.1, 0.15) is 0 Å². The molecule has 2 aromatic rings. The summed E-state index contributed by atoms with van der Waals surface area (Å²) in [6.07, 6.45) is 4.76. The predicted octanol–water partition coefficient (Wildman–Crippen LogP) is 6.41. The van der Waals surface area contributed by atoms with Gasteiger partial charge in [0, 0.05) is 0 Å². The van der Waals surface area contributed by atoms with Crippen molar-refractivity contribution in [3.8, 4) is 11.1 Å². The van der Waals surface area contributed by atoms with E-state index in [9.17, 15) is 0 Å². The van der Waals surface area contributed by atoms with Crippen molar-refractivity contribution in [1.29, 1.82) is 0 Å². The summed E-state index contributed by atoms with van der Waals surface area (Å²) in [7, 11) is -0.836. The van der Waals surface area contributed by atoms with Gasteiger partial charge in [-0.25, -0.2) is 0 Å².